The minimum Gasteiger partial charge on any atom is -0.493 e. The van der Waals surface area contributed by atoms with Crippen LogP contribution in [0.25, 0.3) is 11.5 Å². The molecule has 2 heterocycles. The predicted octanol–water partition coefficient (Wildman–Crippen LogP) is 4.53. The van der Waals surface area contributed by atoms with E-state index in [1.807, 2.05) is 12.1 Å². The molecule has 4 aromatic rings. The fraction of sp³-hybridized carbons (Fsp3) is 0.222. The van der Waals surface area contributed by atoms with E-state index >= 15 is 0 Å². The molecule has 0 saturated heterocycles. The van der Waals surface area contributed by atoms with Gasteiger partial charge in [0.05, 0.1) is 24.0 Å². The Balaban J connectivity index is 1.51. The standard InChI is InChI=1S/C27H25N3O9S/c1-35-21-9-7-17(15-23(21)36-2)11-12-28-26-27(29-25(39-26)19-5-3-4-6-20(19)30(31)32)40(33,34)18-8-10-22-24(16-18)38-14-13-37-22/h3-10,15-16,28H,11-14H2,1-2H3. The average molecular weight is 568 g/mol. The quantitative estimate of drug-likeness (QED) is 0.212. The molecule has 0 spiro atoms. The van der Waals surface area contributed by atoms with Crippen LogP contribution in [0, 0.1) is 10.1 Å². The SMILES string of the molecule is COc1ccc(CCNc2oc(-c3ccccc3[N+](=O)[O-])nc2S(=O)(=O)c2ccc3c(c2)OCCO3)cc1OC. The van der Waals surface area contributed by atoms with Gasteiger partial charge in [0, 0.05) is 18.7 Å². The highest BCUT2D eigenvalue weighted by atomic mass is 32.2. The van der Waals surface area contributed by atoms with Gasteiger partial charge in [0.2, 0.25) is 26.6 Å². The number of nitrogens with zero attached hydrogens (tertiary/aromatic N) is 2. The zero-order valence-corrected chi connectivity index (χ0v) is 22.4. The molecule has 1 aliphatic heterocycles. The van der Waals surface area contributed by atoms with Gasteiger partial charge < -0.3 is 28.7 Å². The van der Waals surface area contributed by atoms with Crippen LogP contribution in [0.3, 0.4) is 0 Å². The summed E-state index contributed by atoms with van der Waals surface area (Å²) in [5.41, 5.74) is 0.655. The number of benzene rings is 3. The van der Waals surface area contributed by atoms with Crippen LogP contribution in [0.5, 0.6) is 23.0 Å². The van der Waals surface area contributed by atoms with E-state index in [0.29, 0.717) is 30.3 Å². The first-order valence-corrected chi connectivity index (χ1v) is 13.6. The molecule has 0 bridgehead atoms. The third kappa shape index (κ3) is 5.23. The van der Waals surface area contributed by atoms with Crippen LogP contribution in [0.15, 0.2) is 75.0 Å². The fourth-order valence-corrected chi connectivity index (χ4v) is 5.48. The van der Waals surface area contributed by atoms with Crippen molar-refractivity contribution in [3.63, 3.8) is 0 Å². The Hall–Kier alpha value is -4.78. The molecule has 1 aliphatic rings. The summed E-state index contributed by atoms with van der Waals surface area (Å²) in [7, 11) is -1.17. The molecule has 0 saturated carbocycles. The lowest BCUT2D eigenvalue weighted by molar-refractivity contribution is -0.384. The molecule has 0 radical (unpaired) electrons. The summed E-state index contributed by atoms with van der Waals surface area (Å²) in [6.07, 6.45) is 0.464. The number of aromatic nitrogens is 1. The van der Waals surface area contributed by atoms with Gasteiger partial charge in [-0.25, -0.2) is 8.42 Å². The van der Waals surface area contributed by atoms with Gasteiger partial charge in [-0.3, -0.25) is 10.1 Å². The highest BCUT2D eigenvalue weighted by Crippen LogP contribution is 2.38. The molecule has 1 aromatic heterocycles. The van der Waals surface area contributed by atoms with Crippen molar-refractivity contribution >= 4 is 21.4 Å². The molecule has 208 valence electrons. The van der Waals surface area contributed by atoms with E-state index in [-0.39, 0.29) is 46.8 Å². The maximum Gasteiger partial charge on any atom is 0.282 e. The molecule has 0 amide bonds. The lowest BCUT2D eigenvalue weighted by Crippen LogP contribution is -2.16. The highest BCUT2D eigenvalue weighted by Gasteiger charge is 2.31. The minimum absolute atomic E-state index is 0.0408. The molecule has 0 aliphatic carbocycles. The zero-order chi connectivity index (χ0) is 28.3. The Morgan fingerprint density at radius 3 is 2.48 bits per heavy atom. The second kappa shape index (κ2) is 11.1. The number of nitrogens with one attached hydrogen (secondary N) is 1. The largest absolute Gasteiger partial charge is 0.493 e. The molecule has 1 N–H and O–H groups in total. The summed E-state index contributed by atoms with van der Waals surface area (Å²) in [6.45, 7) is 0.894. The lowest BCUT2D eigenvalue weighted by atomic mass is 10.1. The van der Waals surface area contributed by atoms with E-state index < -0.39 is 19.8 Å². The van der Waals surface area contributed by atoms with Crippen molar-refractivity contribution in [2.45, 2.75) is 16.3 Å². The number of ether oxygens (including phenoxy) is 4. The fourth-order valence-electron chi connectivity index (χ4n) is 4.19. The maximum atomic E-state index is 13.8. The molecule has 3 aromatic carbocycles. The van der Waals surface area contributed by atoms with Gasteiger partial charge in [-0.05, 0) is 42.3 Å². The molecular weight excluding hydrogens is 542 g/mol. The van der Waals surface area contributed by atoms with Crippen molar-refractivity contribution in [3.05, 3.63) is 76.3 Å². The molecule has 0 unspecified atom stereocenters. The van der Waals surface area contributed by atoms with Gasteiger partial charge in [-0.1, -0.05) is 18.2 Å². The number of rotatable bonds is 10. The van der Waals surface area contributed by atoms with Crippen molar-refractivity contribution < 1.29 is 36.7 Å². The van der Waals surface area contributed by atoms with E-state index in [9.17, 15) is 18.5 Å². The van der Waals surface area contributed by atoms with E-state index in [2.05, 4.69) is 10.3 Å². The van der Waals surface area contributed by atoms with Crippen LogP contribution < -0.4 is 24.3 Å². The monoisotopic (exact) mass is 567 g/mol. The summed E-state index contributed by atoms with van der Waals surface area (Å²) in [5, 5.41) is 14.2. The lowest BCUT2D eigenvalue weighted by Gasteiger charge is -2.18. The molecule has 0 atom stereocenters. The summed E-state index contributed by atoms with van der Waals surface area (Å²) in [6, 6.07) is 15.5. The Labute approximate surface area is 229 Å². The van der Waals surface area contributed by atoms with Crippen LogP contribution in [0.1, 0.15) is 5.56 Å². The Morgan fingerprint density at radius 1 is 0.975 bits per heavy atom. The number of hydrogen-bond acceptors (Lipinski definition) is 11. The van der Waals surface area contributed by atoms with Crippen LogP contribution in [-0.2, 0) is 16.3 Å². The first-order chi connectivity index (χ1) is 19.3. The van der Waals surface area contributed by atoms with Crippen LogP contribution >= 0.6 is 0 Å². The molecule has 13 heteroatoms. The smallest absolute Gasteiger partial charge is 0.282 e. The van der Waals surface area contributed by atoms with E-state index in [4.69, 9.17) is 23.4 Å². The van der Waals surface area contributed by atoms with E-state index in [1.165, 1.54) is 43.5 Å². The second-order valence-corrected chi connectivity index (χ2v) is 10.5. The number of anilines is 1. The van der Waals surface area contributed by atoms with Crippen LogP contribution in [0.2, 0.25) is 0 Å². The number of oxazole rings is 1. The zero-order valence-electron chi connectivity index (χ0n) is 21.6. The molecule has 0 fully saturated rings. The van der Waals surface area contributed by atoms with Crippen molar-refractivity contribution in [1.82, 2.24) is 4.98 Å². The number of sulfone groups is 1. The van der Waals surface area contributed by atoms with Crippen molar-refractivity contribution in [3.8, 4) is 34.5 Å². The van der Waals surface area contributed by atoms with Crippen LogP contribution in [0.4, 0.5) is 11.6 Å². The molecule has 5 rings (SSSR count). The van der Waals surface area contributed by atoms with E-state index in [1.54, 1.807) is 19.2 Å². The third-order valence-electron chi connectivity index (χ3n) is 6.15. The number of nitro groups is 1. The normalized spacial score (nSPS) is 12.6. The van der Waals surface area contributed by atoms with Gasteiger partial charge in [0.15, 0.2) is 23.0 Å². The molecule has 12 nitrogen and oxygen atoms in total. The van der Waals surface area contributed by atoms with Gasteiger partial charge in [0.25, 0.3) is 5.69 Å². The van der Waals surface area contributed by atoms with Gasteiger partial charge in [0.1, 0.15) is 18.8 Å². The number of fused-ring (bicyclic) bond motifs is 1. The Kier molecular flexibility index (Phi) is 7.47. The average Bonchev–Trinajstić information content (AvgIpc) is 3.41. The Bertz CT molecular complexity index is 1670. The highest BCUT2D eigenvalue weighted by molar-refractivity contribution is 7.91. The summed E-state index contributed by atoms with van der Waals surface area (Å²) in [5.74, 6) is 1.49. The molecule has 40 heavy (non-hydrogen) atoms. The first kappa shape index (κ1) is 26.8. The summed E-state index contributed by atoms with van der Waals surface area (Å²) in [4.78, 5) is 15.2. The second-order valence-electron chi connectivity index (χ2n) is 8.60. The number of nitro benzene ring substituents is 1. The number of methoxy groups -OCH3 is 2. The van der Waals surface area contributed by atoms with Crippen molar-refractivity contribution in [2.24, 2.45) is 0 Å². The third-order valence-corrected chi connectivity index (χ3v) is 7.81. The first-order valence-electron chi connectivity index (χ1n) is 12.2. The van der Waals surface area contributed by atoms with Gasteiger partial charge in [-0.2, -0.15) is 4.98 Å². The van der Waals surface area contributed by atoms with E-state index in [0.717, 1.165) is 5.56 Å². The summed E-state index contributed by atoms with van der Waals surface area (Å²) < 4.78 is 55.0. The summed E-state index contributed by atoms with van der Waals surface area (Å²) >= 11 is 0. The topological polar surface area (TPSA) is 152 Å². The van der Waals surface area contributed by atoms with Crippen molar-refractivity contribution in [1.29, 1.82) is 0 Å². The van der Waals surface area contributed by atoms with Gasteiger partial charge in [-0.15, -0.1) is 0 Å². The molecular formula is C27H25N3O9S. The van der Waals surface area contributed by atoms with Crippen LogP contribution in [-0.4, -0.2) is 52.3 Å². The Morgan fingerprint density at radius 2 is 1.73 bits per heavy atom. The van der Waals surface area contributed by atoms with Gasteiger partial charge >= 0.3 is 0 Å². The number of hydrogen-bond donors (Lipinski definition) is 1. The van der Waals surface area contributed by atoms with Crippen molar-refractivity contribution in [2.75, 3.05) is 39.3 Å². The predicted molar refractivity (Wildman–Crippen MR) is 143 cm³/mol. The number of para-hydroxylation sites is 1. The minimum atomic E-state index is -4.25. The maximum absolute atomic E-state index is 13.8.